The van der Waals surface area contributed by atoms with E-state index in [2.05, 4.69) is 12.2 Å². The molecule has 23 heavy (non-hydrogen) atoms. The summed E-state index contributed by atoms with van der Waals surface area (Å²) < 4.78 is 18.5. The summed E-state index contributed by atoms with van der Waals surface area (Å²) in [6, 6.07) is 12.4. The van der Waals surface area contributed by atoms with Gasteiger partial charge in [-0.05, 0) is 48.2 Å². The third kappa shape index (κ3) is 5.09. The van der Waals surface area contributed by atoms with E-state index >= 15 is 0 Å². The fourth-order valence-corrected chi connectivity index (χ4v) is 2.35. The topological polar surface area (TPSA) is 38.3 Å². The zero-order chi connectivity index (χ0) is 16.7. The minimum atomic E-state index is -0.460. The molecule has 0 heterocycles. The van der Waals surface area contributed by atoms with Crippen molar-refractivity contribution in [3.05, 3.63) is 59.4 Å². The van der Waals surface area contributed by atoms with E-state index in [9.17, 15) is 9.18 Å². The summed E-state index contributed by atoms with van der Waals surface area (Å²) in [7, 11) is 1.41. The average Bonchev–Trinajstić information content (AvgIpc) is 2.54. The number of nitrogens with one attached hydrogen (secondary N) is 1. The van der Waals surface area contributed by atoms with Gasteiger partial charge in [-0.25, -0.2) is 4.39 Å². The maximum absolute atomic E-state index is 13.6. The number of halogens is 1. The number of amides is 1. The van der Waals surface area contributed by atoms with Crippen LogP contribution < -0.4 is 10.1 Å². The van der Waals surface area contributed by atoms with Crippen LogP contribution in [0.25, 0.3) is 0 Å². The summed E-state index contributed by atoms with van der Waals surface area (Å²) in [6.45, 7) is 2.16. The predicted octanol–water partition coefficient (Wildman–Crippen LogP) is 4.36. The Morgan fingerprint density at radius 2 is 1.83 bits per heavy atom. The molecular weight excluding hydrogens is 293 g/mol. The summed E-state index contributed by atoms with van der Waals surface area (Å²) >= 11 is 0. The number of methoxy groups -OCH3 is 1. The number of rotatable bonds is 7. The molecule has 0 atom stereocenters. The monoisotopic (exact) mass is 315 g/mol. The molecule has 0 unspecified atom stereocenters. The normalized spacial score (nSPS) is 10.4. The molecule has 0 aliphatic rings. The van der Waals surface area contributed by atoms with Gasteiger partial charge in [0.15, 0.2) is 11.6 Å². The number of aryl methyl sites for hydroxylation is 1. The van der Waals surface area contributed by atoms with Crippen LogP contribution in [0.3, 0.4) is 0 Å². The lowest BCUT2D eigenvalue weighted by Crippen LogP contribution is -2.14. The molecule has 0 saturated heterocycles. The van der Waals surface area contributed by atoms with Crippen LogP contribution >= 0.6 is 0 Å². The molecule has 0 aromatic heterocycles. The van der Waals surface area contributed by atoms with E-state index < -0.39 is 5.82 Å². The molecular formula is C19H22FNO2. The summed E-state index contributed by atoms with van der Waals surface area (Å²) in [5.41, 5.74) is 2.63. The zero-order valence-corrected chi connectivity index (χ0v) is 13.6. The SMILES string of the molecule is CCCCc1ccc(NC(=O)Cc2ccc(OC)c(F)c2)cc1. The van der Waals surface area contributed by atoms with Crippen LogP contribution in [0.5, 0.6) is 5.75 Å². The van der Waals surface area contributed by atoms with Crippen molar-refractivity contribution in [3.63, 3.8) is 0 Å². The van der Waals surface area contributed by atoms with Crippen LogP contribution in [0.1, 0.15) is 30.9 Å². The molecule has 0 fully saturated rings. The number of ether oxygens (including phenoxy) is 1. The third-order valence-corrected chi connectivity index (χ3v) is 3.64. The van der Waals surface area contributed by atoms with Gasteiger partial charge in [0, 0.05) is 5.69 Å². The minimum absolute atomic E-state index is 0.124. The van der Waals surface area contributed by atoms with Gasteiger partial charge in [-0.3, -0.25) is 4.79 Å². The smallest absolute Gasteiger partial charge is 0.228 e. The number of anilines is 1. The molecule has 2 aromatic rings. The second-order valence-electron chi connectivity index (χ2n) is 5.49. The molecule has 0 saturated carbocycles. The van der Waals surface area contributed by atoms with Crippen LogP contribution in [0.2, 0.25) is 0 Å². The Kier molecular flexibility index (Phi) is 6.15. The highest BCUT2D eigenvalue weighted by molar-refractivity contribution is 5.92. The van der Waals surface area contributed by atoms with Crippen LogP contribution in [0, 0.1) is 5.82 Å². The first-order valence-electron chi connectivity index (χ1n) is 7.83. The van der Waals surface area contributed by atoms with Gasteiger partial charge in [-0.15, -0.1) is 0 Å². The second-order valence-corrected chi connectivity index (χ2v) is 5.49. The Balaban J connectivity index is 1.92. The standard InChI is InChI=1S/C19H22FNO2/c1-3-4-5-14-6-9-16(10-7-14)21-19(22)13-15-8-11-18(23-2)17(20)12-15/h6-12H,3-5,13H2,1-2H3,(H,21,22). The predicted molar refractivity (Wildman–Crippen MR) is 90.3 cm³/mol. The molecule has 0 spiro atoms. The van der Waals surface area contributed by atoms with Crippen LogP contribution in [0.4, 0.5) is 10.1 Å². The lowest BCUT2D eigenvalue weighted by Gasteiger charge is -2.08. The molecule has 0 aliphatic carbocycles. The van der Waals surface area contributed by atoms with Crippen LogP contribution in [-0.4, -0.2) is 13.0 Å². The molecule has 2 aromatic carbocycles. The third-order valence-electron chi connectivity index (χ3n) is 3.64. The van der Waals surface area contributed by atoms with Crippen molar-refractivity contribution < 1.29 is 13.9 Å². The van der Waals surface area contributed by atoms with Crippen molar-refractivity contribution in [2.45, 2.75) is 32.6 Å². The van der Waals surface area contributed by atoms with E-state index in [-0.39, 0.29) is 18.1 Å². The van der Waals surface area contributed by atoms with E-state index in [1.807, 2.05) is 24.3 Å². The van der Waals surface area contributed by atoms with Gasteiger partial charge in [0.2, 0.25) is 5.91 Å². The van der Waals surface area contributed by atoms with Gasteiger partial charge in [-0.1, -0.05) is 31.5 Å². The van der Waals surface area contributed by atoms with Gasteiger partial charge < -0.3 is 10.1 Å². The van der Waals surface area contributed by atoms with Crippen molar-refractivity contribution >= 4 is 11.6 Å². The second kappa shape index (κ2) is 8.32. The molecule has 1 amide bonds. The van der Waals surface area contributed by atoms with Crippen molar-refractivity contribution in [2.75, 3.05) is 12.4 Å². The van der Waals surface area contributed by atoms with Crippen LogP contribution in [-0.2, 0) is 17.6 Å². The Morgan fingerprint density at radius 1 is 1.13 bits per heavy atom. The number of benzene rings is 2. The van der Waals surface area contributed by atoms with Crippen molar-refractivity contribution in [1.29, 1.82) is 0 Å². The number of unbranched alkanes of at least 4 members (excludes halogenated alkanes) is 1. The lowest BCUT2D eigenvalue weighted by atomic mass is 10.1. The number of hydrogen-bond donors (Lipinski definition) is 1. The summed E-state index contributed by atoms with van der Waals surface area (Å²) in [5.74, 6) is -0.453. The van der Waals surface area contributed by atoms with Gasteiger partial charge in [0.05, 0.1) is 13.5 Å². The van der Waals surface area contributed by atoms with Gasteiger partial charge in [0.1, 0.15) is 0 Å². The summed E-state index contributed by atoms with van der Waals surface area (Å²) in [5, 5.41) is 2.83. The van der Waals surface area contributed by atoms with E-state index in [1.165, 1.54) is 24.8 Å². The molecule has 0 radical (unpaired) electrons. The van der Waals surface area contributed by atoms with Gasteiger partial charge in [-0.2, -0.15) is 0 Å². The summed E-state index contributed by atoms with van der Waals surface area (Å²) in [4.78, 5) is 12.0. The van der Waals surface area contributed by atoms with Gasteiger partial charge in [0.25, 0.3) is 0 Å². The van der Waals surface area contributed by atoms with Crippen LogP contribution in [0.15, 0.2) is 42.5 Å². The van der Waals surface area contributed by atoms with E-state index in [0.717, 1.165) is 24.9 Å². The molecule has 0 bridgehead atoms. The van der Waals surface area contributed by atoms with E-state index in [0.29, 0.717) is 5.56 Å². The summed E-state index contributed by atoms with van der Waals surface area (Å²) in [6.07, 6.45) is 3.50. The highest BCUT2D eigenvalue weighted by Gasteiger charge is 2.08. The number of carbonyl (C=O) groups is 1. The van der Waals surface area contributed by atoms with E-state index in [4.69, 9.17) is 4.74 Å². The molecule has 4 heteroatoms. The highest BCUT2D eigenvalue weighted by Crippen LogP contribution is 2.18. The minimum Gasteiger partial charge on any atom is -0.494 e. The first kappa shape index (κ1) is 17.0. The molecule has 2 rings (SSSR count). The Morgan fingerprint density at radius 3 is 2.43 bits per heavy atom. The van der Waals surface area contributed by atoms with Crippen molar-refractivity contribution in [1.82, 2.24) is 0 Å². The lowest BCUT2D eigenvalue weighted by molar-refractivity contribution is -0.115. The molecule has 1 N–H and O–H groups in total. The average molecular weight is 315 g/mol. The van der Waals surface area contributed by atoms with Gasteiger partial charge >= 0.3 is 0 Å². The number of carbonyl (C=O) groups excluding carboxylic acids is 1. The quantitative estimate of drug-likeness (QED) is 0.824. The fraction of sp³-hybridized carbons (Fsp3) is 0.316. The highest BCUT2D eigenvalue weighted by atomic mass is 19.1. The largest absolute Gasteiger partial charge is 0.494 e. The molecule has 3 nitrogen and oxygen atoms in total. The van der Waals surface area contributed by atoms with E-state index in [1.54, 1.807) is 6.07 Å². The first-order chi connectivity index (χ1) is 11.1. The molecule has 0 aliphatic heterocycles. The Bertz CT molecular complexity index is 653. The first-order valence-corrected chi connectivity index (χ1v) is 7.83. The molecule has 122 valence electrons. The van der Waals surface area contributed by atoms with Crippen molar-refractivity contribution in [2.24, 2.45) is 0 Å². The maximum atomic E-state index is 13.6. The zero-order valence-electron chi connectivity index (χ0n) is 13.6. The fourth-order valence-electron chi connectivity index (χ4n) is 2.35. The maximum Gasteiger partial charge on any atom is 0.228 e. The Labute approximate surface area is 136 Å². The Hall–Kier alpha value is -2.36. The van der Waals surface area contributed by atoms with Crippen molar-refractivity contribution in [3.8, 4) is 5.75 Å². The number of hydrogen-bond acceptors (Lipinski definition) is 2.